The van der Waals surface area contributed by atoms with Crippen LogP contribution in [0.15, 0.2) is 36.5 Å². The van der Waals surface area contributed by atoms with Crippen LogP contribution in [0.4, 0.5) is 11.5 Å². The highest BCUT2D eigenvalue weighted by Crippen LogP contribution is 2.35. The van der Waals surface area contributed by atoms with E-state index in [1.807, 2.05) is 18.2 Å². The second-order valence-electron chi connectivity index (χ2n) is 4.91. The summed E-state index contributed by atoms with van der Waals surface area (Å²) in [6.07, 6.45) is 2.36. The summed E-state index contributed by atoms with van der Waals surface area (Å²) in [6, 6.07) is 11.3. The van der Waals surface area contributed by atoms with Gasteiger partial charge in [-0.2, -0.15) is 5.26 Å². The third-order valence-corrected chi connectivity index (χ3v) is 3.70. The van der Waals surface area contributed by atoms with E-state index in [0.29, 0.717) is 12.5 Å². The van der Waals surface area contributed by atoms with Crippen molar-refractivity contribution in [1.29, 1.82) is 5.26 Å². The monoisotopic (exact) mass is 280 g/mol. The standard InChI is InChI=1S/C15H12N4O2/c16-8-11-5-6-17-15(14(11)19(20)21)18-9-12-7-10-3-1-2-4-13(10)12/h1-6,12H,7,9H2,(H,17,18). The number of rotatable bonds is 4. The first-order valence-electron chi connectivity index (χ1n) is 6.56. The van der Waals surface area contributed by atoms with E-state index in [0.717, 1.165) is 6.42 Å². The first-order valence-corrected chi connectivity index (χ1v) is 6.56. The van der Waals surface area contributed by atoms with Crippen molar-refractivity contribution in [2.24, 2.45) is 0 Å². The molecular weight excluding hydrogens is 268 g/mol. The number of nitrogens with zero attached hydrogens (tertiary/aromatic N) is 3. The van der Waals surface area contributed by atoms with Crippen molar-refractivity contribution >= 4 is 11.5 Å². The van der Waals surface area contributed by atoms with Crippen molar-refractivity contribution in [2.75, 3.05) is 11.9 Å². The van der Waals surface area contributed by atoms with E-state index in [4.69, 9.17) is 5.26 Å². The van der Waals surface area contributed by atoms with Gasteiger partial charge in [0.15, 0.2) is 0 Å². The molecule has 2 aromatic rings. The van der Waals surface area contributed by atoms with Crippen LogP contribution in [-0.2, 0) is 6.42 Å². The maximum Gasteiger partial charge on any atom is 0.328 e. The quantitative estimate of drug-likeness (QED) is 0.686. The summed E-state index contributed by atoms with van der Waals surface area (Å²) < 4.78 is 0. The van der Waals surface area contributed by atoms with Gasteiger partial charge in [0.05, 0.1) is 4.92 Å². The lowest BCUT2D eigenvalue weighted by Crippen LogP contribution is -2.24. The van der Waals surface area contributed by atoms with Crippen LogP contribution in [0.5, 0.6) is 0 Å². The number of hydrogen-bond donors (Lipinski definition) is 1. The van der Waals surface area contributed by atoms with Gasteiger partial charge in [0.25, 0.3) is 0 Å². The maximum atomic E-state index is 11.1. The predicted octanol–water partition coefficient (Wildman–Crippen LogP) is 2.61. The Morgan fingerprint density at radius 2 is 2.24 bits per heavy atom. The Morgan fingerprint density at radius 1 is 1.43 bits per heavy atom. The van der Waals surface area contributed by atoms with Crippen molar-refractivity contribution in [3.8, 4) is 6.07 Å². The van der Waals surface area contributed by atoms with Crippen molar-refractivity contribution < 1.29 is 4.92 Å². The number of anilines is 1. The Morgan fingerprint density at radius 3 is 2.95 bits per heavy atom. The molecule has 0 amide bonds. The topological polar surface area (TPSA) is 91.8 Å². The van der Waals surface area contributed by atoms with Crippen molar-refractivity contribution in [2.45, 2.75) is 12.3 Å². The Balaban J connectivity index is 1.78. The van der Waals surface area contributed by atoms with Crippen LogP contribution >= 0.6 is 0 Å². The third-order valence-electron chi connectivity index (χ3n) is 3.70. The molecule has 1 aromatic heterocycles. The van der Waals surface area contributed by atoms with Crippen LogP contribution < -0.4 is 5.32 Å². The summed E-state index contributed by atoms with van der Waals surface area (Å²) in [5, 5.41) is 23.1. The van der Waals surface area contributed by atoms with E-state index < -0.39 is 4.92 Å². The van der Waals surface area contributed by atoms with Crippen LogP contribution in [-0.4, -0.2) is 16.5 Å². The number of nitriles is 1. The van der Waals surface area contributed by atoms with E-state index in [2.05, 4.69) is 22.4 Å². The van der Waals surface area contributed by atoms with Crippen LogP contribution in [0.3, 0.4) is 0 Å². The van der Waals surface area contributed by atoms with Gasteiger partial charge in [-0.3, -0.25) is 10.1 Å². The summed E-state index contributed by atoms with van der Waals surface area (Å²) in [7, 11) is 0. The van der Waals surface area contributed by atoms with Crippen molar-refractivity contribution in [3.05, 3.63) is 63.3 Å². The zero-order valence-corrected chi connectivity index (χ0v) is 11.1. The van der Waals surface area contributed by atoms with Gasteiger partial charge in [-0.1, -0.05) is 24.3 Å². The maximum absolute atomic E-state index is 11.1. The average Bonchev–Trinajstić information content (AvgIpc) is 2.47. The first-order chi connectivity index (χ1) is 10.2. The lowest BCUT2D eigenvalue weighted by Gasteiger charge is -2.30. The Bertz CT molecular complexity index is 752. The SMILES string of the molecule is N#Cc1ccnc(NCC2Cc3ccccc32)c1[N+](=O)[O-]. The fourth-order valence-corrected chi connectivity index (χ4v) is 2.62. The van der Waals surface area contributed by atoms with Crippen LogP contribution in [0.2, 0.25) is 0 Å². The molecule has 0 saturated heterocycles. The molecule has 0 radical (unpaired) electrons. The molecule has 6 heteroatoms. The normalized spacial score (nSPS) is 15.5. The summed E-state index contributed by atoms with van der Waals surface area (Å²) in [5.74, 6) is 0.483. The molecule has 0 saturated carbocycles. The van der Waals surface area contributed by atoms with Crippen LogP contribution in [0.25, 0.3) is 0 Å². The average molecular weight is 280 g/mol. The summed E-state index contributed by atoms with van der Waals surface area (Å²) >= 11 is 0. The van der Waals surface area contributed by atoms with E-state index in [1.165, 1.54) is 23.4 Å². The molecule has 1 heterocycles. The number of fused-ring (bicyclic) bond motifs is 1. The molecule has 1 aromatic carbocycles. The second kappa shape index (κ2) is 5.21. The summed E-state index contributed by atoms with van der Waals surface area (Å²) in [6.45, 7) is 0.569. The zero-order chi connectivity index (χ0) is 14.8. The predicted molar refractivity (Wildman–Crippen MR) is 77.0 cm³/mol. The smallest absolute Gasteiger partial charge is 0.328 e. The minimum Gasteiger partial charge on any atom is -0.364 e. The van der Waals surface area contributed by atoms with Crippen LogP contribution in [0.1, 0.15) is 22.6 Å². The molecule has 104 valence electrons. The molecule has 1 unspecified atom stereocenters. The Hall–Kier alpha value is -2.94. The van der Waals surface area contributed by atoms with Gasteiger partial charge >= 0.3 is 5.69 Å². The number of nitrogens with one attached hydrogen (secondary N) is 1. The lowest BCUT2D eigenvalue weighted by molar-refractivity contribution is -0.384. The molecule has 0 aliphatic heterocycles. The lowest BCUT2D eigenvalue weighted by atomic mass is 9.77. The van der Waals surface area contributed by atoms with Gasteiger partial charge in [0, 0.05) is 18.7 Å². The van der Waals surface area contributed by atoms with Gasteiger partial charge in [-0.25, -0.2) is 4.98 Å². The molecule has 21 heavy (non-hydrogen) atoms. The molecule has 1 N–H and O–H groups in total. The van der Waals surface area contributed by atoms with E-state index >= 15 is 0 Å². The molecule has 6 nitrogen and oxygen atoms in total. The van der Waals surface area contributed by atoms with Gasteiger partial charge in [-0.15, -0.1) is 0 Å². The highest BCUT2D eigenvalue weighted by Gasteiger charge is 2.27. The molecule has 1 aliphatic carbocycles. The molecule has 0 bridgehead atoms. The molecule has 3 rings (SSSR count). The van der Waals surface area contributed by atoms with Crippen LogP contribution in [0, 0.1) is 21.4 Å². The minimum atomic E-state index is -0.567. The third kappa shape index (κ3) is 2.30. The van der Waals surface area contributed by atoms with Gasteiger partial charge in [0.2, 0.25) is 5.82 Å². The minimum absolute atomic E-state index is 0.0199. The second-order valence-corrected chi connectivity index (χ2v) is 4.91. The summed E-state index contributed by atoms with van der Waals surface area (Å²) in [5.41, 5.74) is 2.35. The van der Waals surface area contributed by atoms with Crippen molar-refractivity contribution in [1.82, 2.24) is 4.98 Å². The Kier molecular flexibility index (Phi) is 3.24. The van der Waals surface area contributed by atoms with E-state index in [9.17, 15) is 10.1 Å². The highest BCUT2D eigenvalue weighted by atomic mass is 16.6. The van der Waals surface area contributed by atoms with Crippen molar-refractivity contribution in [3.63, 3.8) is 0 Å². The number of nitro groups is 1. The zero-order valence-electron chi connectivity index (χ0n) is 11.1. The van der Waals surface area contributed by atoms with E-state index in [-0.39, 0.29) is 17.1 Å². The number of pyridine rings is 1. The number of benzene rings is 1. The van der Waals surface area contributed by atoms with Gasteiger partial charge < -0.3 is 5.32 Å². The van der Waals surface area contributed by atoms with Gasteiger partial charge in [-0.05, 0) is 23.6 Å². The Labute approximate surface area is 121 Å². The number of aromatic nitrogens is 1. The number of hydrogen-bond acceptors (Lipinski definition) is 5. The highest BCUT2D eigenvalue weighted by molar-refractivity contribution is 5.64. The fraction of sp³-hybridized carbons (Fsp3) is 0.200. The molecule has 1 aliphatic rings. The molecule has 0 spiro atoms. The van der Waals surface area contributed by atoms with Gasteiger partial charge in [0.1, 0.15) is 11.6 Å². The summed E-state index contributed by atoms with van der Waals surface area (Å²) in [4.78, 5) is 14.5. The molecular formula is C15H12N4O2. The molecule has 0 fully saturated rings. The molecule has 1 atom stereocenters. The largest absolute Gasteiger partial charge is 0.364 e. The fourth-order valence-electron chi connectivity index (χ4n) is 2.62. The first kappa shape index (κ1) is 13.1. The van der Waals surface area contributed by atoms with E-state index in [1.54, 1.807) is 0 Å².